The van der Waals surface area contributed by atoms with Crippen LogP contribution in [0.2, 0.25) is 0 Å². The first kappa shape index (κ1) is 12.8. The standard InChI is InChI=1S/C16H16FN3/c1-12-15(20-8-3-2-7-16(20)19-12)11-18-10-13-5-4-6-14(17)9-13/h2-9,18H,10-11H2,1H3. The van der Waals surface area contributed by atoms with Crippen LogP contribution in [0.4, 0.5) is 4.39 Å². The molecule has 0 saturated heterocycles. The molecule has 0 bridgehead atoms. The summed E-state index contributed by atoms with van der Waals surface area (Å²) < 4.78 is 15.2. The van der Waals surface area contributed by atoms with Crippen molar-refractivity contribution in [2.75, 3.05) is 0 Å². The summed E-state index contributed by atoms with van der Waals surface area (Å²) in [6.45, 7) is 3.34. The van der Waals surface area contributed by atoms with Crippen LogP contribution in [0.25, 0.3) is 5.65 Å². The number of rotatable bonds is 4. The third-order valence-electron chi connectivity index (χ3n) is 3.34. The van der Waals surface area contributed by atoms with Gasteiger partial charge in [-0.3, -0.25) is 0 Å². The van der Waals surface area contributed by atoms with E-state index in [1.807, 2.05) is 37.4 Å². The first-order valence-corrected chi connectivity index (χ1v) is 6.62. The van der Waals surface area contributed by atoms with Crippen molar-refractivity contribution >= 4 is 5.65 Å². The van der Waals surface area contributed by atoms with Crippen molar-refractivity contribution in [1.29, 1.82) is 0 Å². The monoisotopic (exact) mass is 269 g/mol. The molecule has 0 unspecified atom stereocenters. The number of aromatic nitrogens is 2. The van der Waals surface area contributed by atoms with Gasteiger partial charge in [-0.15, -0.1) is 0 Å². The van der Waals surface area contributed by atoms with Gasteiger partial charge in [-0.2, -0.15) is 0 Å². The van der Waals surface area contributed by atoms with Gasteiger partial charge >= 0.3 is 0 Å². The average molecular weight is 269 g/mol. The summed E-state index contributed by atoms with van der Waals surface area (Å²) in [5.41, 5.74) is 4.05. The molecule has 3 aromatic rings. The second-order valence-corrected chi connectivity index (χ2v) is 4.81. The number of halogens is 1. The molecule has 0 aliphatic heterocycles. The van der Waals surface area contributed by atoms with E-state index in [2.05, 4.69) is 14.7 Å². The molecule has 0 saturated carbocycles. The van der Waals surface area contributed by atoms with Crippen LogP contribution in [0.3, 0.4) is 0 Å². The molecule has 0 fully saturated rings. The lowest BCUT2D eigenvalue weighted by atomic mass is 10.2. The highest BCUT2D eigenvalue weighted by Gasteiger charge is 2.07. The van der Waals surface area contributed by atoms with E-state index in [1.165, 1.54) is 6.07 Å². The predicted octanol–water partition coefficient (Wildman–Crippen LogP) is 3.07. The van der Waals surface area contributed by atoms with Crippen LogP contribution in [-0.2, 0) is 13.1 Å². The minimum Gasteiger partial charge on any atom is -0.307 e. The fraction of sp³-hybridized carbons (Fsp3) is 0.188. The van der Waals surface area contributed by atoms with Gasteiger partial charge in [-0.25, -0.2) is 9.37 Å². The Morgan fingerprint density at radius 1 is 1.15 bits per heavy atom. The first-order chi connectivity index (χ1) is 9.74. The van der Waals surface area contributed by atoms with E-state index in [4.69, 9.17) is 0 Å². The molecule has 0 aliphatic rings. The van der Waals surface area contributed by atoms with Crippen LogP contribution < -0.4 is 5.32 Å². The van der Waals surface area contributed by atoms with E-state index in [1.54, 1.807) is 12.1 Å². The number of pyridine rings is 1. The number of aryl methyl sites for hydroxylation is 1. The topological polar surface area (TPSA) is 29.3 Å². The molecule has 0 radical (unpaired) electrons. The normalized spacial score (nSPS) is 11.1. The van der Waals surface area contributed by atoms with Crippen molar-refractivity contribution in [3.63, 3.8) is 0 Å². The second-order valence-electron chi connectivity index (χ2n) is 4.81. The Morgan fingerprint density at radius 2 is 2.05 bits per heavy atom. The predicted molar refractivity (Wildman–Crippen MR) is 76.9 cm³/mol. The van der Waals surface area contributed by atoms with Gasteiger partial charge in [0.2, 0.25) is 0 Å². The van der Waals surface area contributed by atoms with Gasteiger partial charge in [0.05, 0.1) is 11.4 Å². The van der Waals surface area contributed by atoms with Gasteiger partial charge in [-0.05, 0) is 36.8 Å². The van der Waals surface area contributed by atoms with Crippen LogP contribution >= 0.6 is 0 Å². The SMILES string of the molecule is Cc1nc2ccccn2c1CNCc1cccc(F)c1. The molecular weight excluding hydrogens is 253 g/mol. The third kappa shape index (κ3) is 2.56. The largest absolute Gasteiger partial charge is 0.307 e. The van der Waals surface area contributed by atoms with E-state index >= 15 is 0 Å². The minimum atomic E-state index is -0.199. The molecule has 0 amide bonds. The molecular formula is C16H16FN3. The van der Waals surface area contributed by atoms with Gasteiger partial charge in [0.25, 0.3) is 0 Å². The lowest BCUT2D eigenvalue weighted by molar-refractivity contribution is 0.618. The highest BCUT2D eigenvalue weighted by molar-refractivity contribution is 5.42. The van der Waals surface area contributed by atoms with Crippen LogP contribution in [-0.4, -0.2) is 9.38 Å². The Hall–Kier alpha value is -2.20. The molecule has 2 heterocycles. The molecule has 1 aromatic carbocycles. The van der Waals surface area contributed by atoms with Gasteiger partial charge in [-0.1, -0.05) is 18.2 Å². The molecule has 4 heteroatoms. The van der Waals surface area contributed by atoms with Crippen LogP contribution in [0.5, 0.6) is 0 Å². The zero-order chi connectivity index (χ0) is 13.9. The summed E-state index contributed by atoms with van der Waals surface area (Å²) in [5.74, 6) is -0.199. The Balaban J connectivity index is 1.73. The maximum Gasteiger partial charge on any atom is 0.137 e. The lowest BCUT2D eigenvalue weighted by Crippen LogP contribution is -2.15. The van der Waals surface area contributed by atoms with Gasteiger partial charge in [0.15, 0.2) is 0 Å². The first-order valence-electron chi connectivity index (χ1n) is 6.62. The maximum absolute atomic E-state index is 13.1. The van der Waals surface area contributed by atoms with Crippen LogP contribution in [0, 0.1) is 12.7 Å². The van der Waals surface area contributed by atoms with Gasteiger partial charge in [0, 0.05) is 19.3 Å². The van der Waals surface area contributed by atoms with Gasteiger partial charge < -0.3 is 9.72 Å². The number of imidazole rings is 1. The van der Waals surface area contributed by atoms with Crippen molar-refractivity contribution in [3.05, 3.63) is 71.4 Å². The second kappa shape index (κ2) is 5.43. The van der Waals surface area contributed by atoms with Crippen molar-refractivity contribution in [2.45, 2.75) is 20.0 Å². The quantitative estimate of drug-likeness (QED) is 0.788. The molecule has 0 aliphatic carbocycles. The molecule has 0 atom stereocenters. The van der Waals surface area contributed by atoms with Gasteiger partial charge in [0.1, 0.15) is 11.5 Å². The Morgan fingerprint density at radius 3 is 2.90 bits per heavy atom. The Kier molecular flexibility index (Phi) is 3.48. The summed E-state index contributed by atoms with van der Waals surface area (Å²) in [6, 6.07) is 12.6. The van der Waals surface area contributed by atoms with Crippen molar-refractivity contribution in [1.82, 2.24) is 14.7 Å². The van der Waals surface area contributed by atoms with E-state index < -0.39 is 0 Å². The number of hydrogen-bond donors (Lipinski definition) is 1. The molecule has 20 heavy (non-hydrogen) atoms. The molecule has 0 spiro atoms. The third-order valence-corrected chi connectivity index (χ3v) is 3.34. The van der Waals surface area contributed by atoms with E-state index in [9.17, 15) is 4.39 Å². The van der Waals surface area contributed by atoms with Crippen LogP contribution in [0.1, 0.15) is 17.0 Å². The number of fused-ring (bicyclic) bond motifs is 1. The summed E-state index contributed by atoms with van der Waals surface area (Å²) in [7, 11) is 0. The van der Waals surface area contributed by atoms with E-state index in [-0.39, 0.29) is 5.82 Å². The number of nitrogens with zero attached hydrogens (tertiary/aromatic N) is 2. The zero-order valence-corrected chi connectivity index (χ0v) is 11.3. The summed E-state index contributed by atoms with van der Waals surface area (Å²) in [5, 5.41) is 3.34. The summed E-state index contributed by atoms with van der Waals surface area (Å²) in [4.78, 5) is 4.52. The minimum absolute atomic E-state index is 0.199. The maximum atomic E-state index is 13.1. The summed E-state index contributed by atoms with van der Waals surface area (Å²) >= 11 is 0. The smallest absolute Gasteiger partial charge is 0.137 e. The number of hydrogen-bond acceptors (Lipinski definition) is 2. The zero-order valence-electron chi connectivity index (χ0n) is 11.3. The number of nitrogens with one attached hydrogen (secondary N) is 1. The molecule has 3 rings (SSSR count). The molecule has 3 nitrogen and oxygen atoms in total. The Labute approximate surface area is 117 Å². The highest BCUT2D eigenvalue weighted by atomic mass is 19.1. The fourth-order valence-electron chi connectivity index (χ4n) is 2.35. The number of benzene rings is 1. The van der Waals surface area contributed by atoms with Crippen molar-refractivity contribution < 1.29 is 4.39 Å². The van der Waals surface area contributed by atoms with E-state index in [0.29, 0.717) is 13.1 Å². The highest BCUT2D eigenvalue weighted by Crippen LogP contribution is 2.11. The summed E-state index contributed by atoms with van der Waals surface area (Å²) in [6.07, 6.45) is 2.01. The molecule has 1 N–H and O–H groups in total. The average Bonchev–Trinajstić information content (AvgIpc) is 2.75. The van der Waals surface area contributed by atoms with Crippen LogP contribution in [0.15, 0.2) is 48.7 Å². The van der Waals surface area contributed by atoms with Crippen molar-refractivity contribution in [2.24, 2.45) is 0 Å². The lowest BCUT2D eigenvalue weighted by Gasteiger charge is -2.06. The Bertz CT molecular complexity index is 733. The van der Waals surface area contributed by atoms with Crippen molar-refractivity contribution in [3.8, 4) is 0 Å². The molecule has 2 aromatic heterocycles. The van der Waals surface area contributed by atoms with E-state index in [0.717, 1.165) is 22.6 Å². The fourth-order valence-corrected chi connectivity index (χ4v) is 2.35. The molecule has 102 valence electrons.